The highest BCUT2D eigenvalue weighted by Crippen LogP contribution is 2.25. The molecule has 1 fully saturated rings. The van der Waals surface area contributed by atoms with Crippen molar-refractivity contribution in [3.8, 4) is 22.5 Å². The molecule has 0 aliphatic carbocycles. The van der Waals surface area contributed by atoms with Gasteiger partial charge in [-0.1, -0.05) is 0 Å². The summed E-state index contributed by atoms with van der Waals surface area (Å²) in [6.45, 7) is 2.97. The summed E-state index contributed by atoms with van der Waals surface area (Å²) in [4.78, 5) is 28.0. The smallest absolute Gasteiger partial charge is 0.270 e. The van der Waals surface area contributed by atoms with Crippen molar-refractivity contribution in [1.82, 2.24) is 24.4 Å². The zero-order valence-corrected chi connectivity index (χ0v) is 15.7. The van der Waals surface area contributed by atoms with Crippen LogP contribution in [0, 0.1) is 0 Å². The zero-order valence-electron chi connectivity index (χ0n) is 15.7. The Morgan fingerprint density at radius 3 is 2.63 bits per heavy atom. The number of aromatic nitrogens is 4. The van der Waals surface area contributed by atoms with Gasteiger partial charge in [0, 0.05) is 67.3 Å². The molecule has 0 spiro atoms. The van der Waals surface area contributed by atoms with Crippen LogP contribution in [0.5, 0.6) is 0 Å². The highest BCUT2D eigenvalue weighted by molar-refractivity contribution is 5.94. The summed E-state index contributed by atoms with van der Waals surface area (Å²) < 4.78 is 1.90. The van der Waals surface area contributed by atoms with Crippen LogP contribution in [0.2, 0.25) is 0 Å². The molecule has 0 radical (unpaired) electrons. The first-order chi connectivity index (χ1) is 13.1. The van der Waals surface area contributed by atoms with Crippen LogP contribution in [-0.4, -0.2) is 42.9 Å². The molecule has 1 saturated heterocycles. The number of piperidine rings is 1. The third-order valence-corrected chi connectivity index (χ3v) is 5.19. The Morgan fingerprint density at radius 2 is 1.93 bits per heavy atom. The number of rotatable bonds is 3. The van der Waals surface area contributed by atoms with Crippen LogP contribution in [0.4, 0.5) is 0 Å². The predicted octanol–water partition coefficient (Wildman–Crippen LogP) is 3.56. The second-order valence-electron chi connectivity index (χ2n) is 7.11. The molecule has 0 bridgehead atoms. The molecule has 0 N–H and O–H groups in total. The summed E-state index contributed by atoms with van der Waals surface area (Å²) in [6.07, 6.45) is 12.4. The first kappa shape index (κ1) is 17.4. The quantitative estimate of drug-likeness (QED) is 0.715. The topological polar surface area (TPSA) is 63.9 Å². The highest BCUT2D eigenvalue weighted by atomic mass is 16.2. The van der Waals surface area contributed by atoms with Gasteiger partial charge in [0.15, 0.2) is 5.82 Å². The minimum Gasteiger partial charge on any atom is -0.346 e. The van der Waals surface area contributed by atoms with Crippen LogP contribution in [-0.2, 0) is 7.05 Å². The molecule has 3 aromatic rings. The van der Waals surface area contributed by atoms with Crippen molar-refractivity contribution >= 4 is 5.91 Å². The summed E-state index contributed by atoms with van der Waals surface area (Å²) in [5, 5.41) is 0. The monoisotopic (exact) mass is 361 g/mol. The SMILES string of the molecule is CC1CCCCN1C(=O)c1cc(-c2cnc(-c3cccnc3)nc2)cn1C. The Hall–Kier alpha value is -3.02. The molecule has 4 rings (SSSR count). The van der Waals surface area contributed by atoms with E-state index in [4.69, 9.17) is 0 Å². The lowest BCUT2D eigenvalue weighted by molar-refractivity contribution is 0.0626. The molecule has 1 atom stereocenters. The number of pyridine rings is 1. The molecule has 6 heteroatoms. The van der Waals surface area contributed by atoms with Crippen molar-refractivity contribution in [2.24, 2.45) is 7.05 Å². The molecule has 6 nitrogen and oxygen atoms in total. The second-order valence-corrected chi connectivity index (χ2v) is 7.11. The fraction of sp³-hybridized carbons (Fsp3) is 0.333. The van der Waals surface area contributed by atoms with Gasteiger partial charge in [0.05, 0.1) is 0 Å². The lowest BCUT2D eigenvalue weighted by atomic mass is 10.0. The third kappa shape index (κ3) is 3.47. The first-order valence-corrected chi connectivity index (χ1v) is 9.33. The van der Waals surface area contributed by atoms with Gasteiger partial charge in [0.2, 0.25) is 0 Å². The second kappa shape index (κ2) is 7.31. The Labute approximate surface area is 158 Å². The van der Waals surface area contributed by atoms with Gasteiger partial charge in [-0.2, -0.15) is 0 Å². The number of likely N-dealkylation sites (tertiary alicyclic amines) is 1. The fourth-order valence-electron chi connectivity index (χ4n) is 3.60. The van der Waals surface area contributed by atoms with Gasteiger partial charge in [-0.25, -0.2) is 9.97 Å². The number of nitrogens with zero attached hydrogens (tertiary/aromatic N) is 5. The van der Waals surface area contributed by atoms with Crippen molar-refractivity contribution < 1.29 is 4.79 Å². The van der Waals surface area contributed by atoms with Crippen molar-refractivity contribution in [2.45, 2.75) is 32.2 Å². The van der Waals surface area contributed by atoms with Crippen LogP contribution < -0.4 is 0 Å². The first-order valence-electron chi connectivity index (χ1n) is 9.33. The van der Waals surface area contributed by atoms with Crippen molar-refractivity contribution in [2.75, 3.05) is 6.54 Å². The summed E-state index contributed by atoms with van der Waals surface area (Å²) in [5.41, 5.74) is 3.43. The van der Waals surface area contributed by atoms with E-state index in [1.54, 1.807) is 24.8 Å². The van der Waals surface area contributed by atoms with Gasteiger partial charge in [-0.05, 0) is 44.4 Å². The number of hydrogen-bond donors (Lipinski definition) is 0. The number of carbonyl (C=O) groups excluding carboxylic acids is 1. The summed E-state index contributed by atoms with van der Waals surface area (Å²) >= 11 is 0. The summed E-state index contributed by atoms with van der Waals surface area (Å²) in [5.74, 6) is 0.741. The molecule has 138 valence electrons. The summed E-state index contributed by atoms with van der Waals surface area (Å²) in [6, 6.07) is 6.03. The van der Waals surface area contributed by atoms with E-state index >= 15 is 0 Å². The average molecular weight is 361 g/mol. The molecule has 4 heterocycles. The minimum atomic E-state index is 0.101. The van der Waals surface area contributed by atoms with E-state index in [0.717, 1.165) is 36.1 Å². The molecule has 1 unspecified atom stereocenters. The minimum absolute atomic E-state index is 0.101. The van der Waals surface area contributed by atoms with E-state index in [1.807, 2.05) is 40.9 Å². The normalized spacial score (nSPS) is 17.1. The molecule has 0 aromatic carbocycles. The van der Waals surface area contributed by atoms with E-state index in [0.29, 0.717) is 17.6 Å². The molecular weight excluding hydrogens is 338 g/mol. The van der Waals surface area contributed by atoms with Gasteiger partial charge in [-0.15, -0.1) is 0 Å². The van der Waals surface area contributed by atoms with Crippen LogP contribution in [0.3, 0.4) is 0 Å². The van der Waals surface area contributed by atoms with Gasteiger partial charge >= 0.3 is 0 Å². The van der Waals surface area contributed by atoms with Crippen molar-refractivity contribution in [3.63, 3.8) is 0 Å². The maximum atomic E-state index is 13.0. The summed E-state index contributed by atoms with van der Waals surface area (Å²) in [7, 11) is 1.91. The number of carbonyl (C=O) groups is 1. The lowest BCUT2D eigenvalue weighted by Gasteiger charge is -2.33. The van der Waals surface area contributed by atoms with Crippen molar-refractivity contribution in [1.29, 1.82) is 0 Å². The standard InChI is InChI=1S/C21H23N5O/c1-15-6-3-4-9-26(15)21(27)19-10-17(14-25(19)2)18-12-23-20(24-13-18)16-7-5-8-22-11-16/h5,7-8,10-15H,3-4,6,9H2,1-2H3. The molecule has 27 heavy (non-hydrogen) atoms. The molecule has 1 aliphatic rings. The molecule has 1 aliphatic heterocycles. The maximum Gasteiger partial charge on any atom is 0.270 e. The largest absolute Gasteiger partial charge is 0.346 e. The van der Waals surface area contributed by atoms with Crippen LogP contribution in [0.25, 0.3) is 22.5 Å². The molecule has 0 saturated carbocycles. The van der Waals surface area contributed by atoms with E-state index in [2.05, 4.69) is 21.9 Å². The van der Waals surface area contributed by atoms with E-state index in [9.17, 15) is 4.79 Å². The third-order valence-electron chi connectivity index (χ3n) is 5.19. The Balaban J connectivity index is 1.58. The van der Waals surface area contributed by atoms with E-state index in [1.165, 1.54) is 6.42 Å². The molecule has 3 aromatic heterocycles. The van der Waals surface area contributed by atoms with Crippen LogP contribution in [0.1, 0.15) is 36.7 Å². The highest BCUT2D eigenvalue weighted by Gasteiger charge is 2.26. The number of amides is 1. The Bertz CT molecular complexity index is 933. The predicted molar refractivity (Wildman–Crippen MR) is 104 cm³/mol. The average Bonchev–Trinajstić information content (AvgIpc) is 3.10. The van der Waals surface area contributed by atoms with Gasteiger partial charge in [0.25, 0.3) is 5.91 Å². The van der Waals surface area contributed by atoms with Gasteiger partial charge in [-0.3, -0.25) is 9.78 Å². The van der Waals surface area contributed by atoms with Crippen molar-refractivity contribution in [3.05, 3.63) is 54.9 Å². The lowest BCUT2D eigenvalue weighted by Crippen LogP contribution is -2.42. The maximum absolute atomic E-state index is 13.0. The number of aryl methyl sites for hydroxylation is 1. The van der Waals surface area contributed by atoms with E-state index < -0.39 is 0 Å². The molecular formula is C21H23N5O. The number of hydrogen-bond acceptors (Lipinski definition) is 4. The Morgan fingerprint density at radius 1 is 1.11 bits per heavy atom. The zero-order chi connectivity index (χ0) is 18.8. The van der Waals surface area contributed by atoms with Crippen LogP contribution in [0.15, 0.2) is 49.2 Å². The van der Waals surface area contributed by atoms with E-state index in [-0.39, 0.29) is 5.91 Å². The fourth-order valence-corrected chi connectivity index (χ4v) is 3.60. The van der Waals surface area contributed by atoms with Gasteiger partial charge < -0.3 is 9.47 Å². The molecule has 1 amide bonds. The Kier molecular flexibility index (Phi) is 4.71. The van der Waals surface area contributed by atoms with Gasteiger partial charge in [0.1, 0.15) is 5.69 Å². The van der Waals surface area contributed by atoms with Crippen LogP contribution >= 0.6 is 0 Å².